The third-order valence-corrected chi connectivity index (χ3v) is 2.99. The minimum Gasteiger partial charge on any atom is -0.470 e. The van der Waals surface area contributed by atoms with Gasteiger partial charge in [0.05, 0.1) is 13.1 Å². The SMILES string of the molecule is O=C(CCCl)N1CC(Oc2ncccc2Cl)C1. The van der Waals surface area contributed by atoms with Gasteiger partial charge in [0.15, 0.2) is 0 Å². The van der Waals surface area contributed by atoms with Crippen molar-refractivity contribution in [2.75, 3.05) is 19.0 Å². The summed E-state index contributed by atoms with van der Waals surface area (Å²) in [5.41, 5.74) is 0. The maximum atomic E-state index is 11.4. The molecule has 0 unspecified atom stereocenters. The summed E-state index contributed by atoms with van der Waals surface area (Å²) in [5, 5.41) is 0.484. The molecule has 17 heavy (non-hydrogen) atoms. The number of pyridine rings is 1. The number of nitrogens with zero attached hydrogens (tertiary/aromatic N) is 2. The van der Waals surface area contributed by atoms with E-state index in [-0.39, 0.29) is 12.0 Å². The molecule has 6 heteroatoms. The molecule has 0 aromatic carbocycles. The second-order valence-corrected chi connectivity index (χ2v) is 4.55. The number of rotatable bonds is 4. The van der Waals surface area contributed by atoms with Gasteiger partial charge in [0.1, 0.15) is 11.1 Å². The molecule has 1 fully saturated rings. The fourth-order valence-corrected chi connectivity index (χ4v) is 1.90. The molecule has 2 rings (SSSR count). The first-order valence-electron chi connectivity index (χ1n) is 5.31. The zero-order chi connectivity index (χ0) is 12.3. The van der Waals surface area contributed by atoms with Crippen LogP contribution >= 0.6 is 23.2 Å². The van der Waals surface area contributed by atoms with E-state index in [9.17, 15) is 4.79 Å². The number of hydrogen-bond acceptors (Lipinski definition) is 3. The fraction of sp³-hybridized carbons (Fsp3) is 0.455. The van der Waals surface area contributed by atoms with E-state index in [1.807, 2.05) is 0 Å². The lowest BCUT2D eigenvalue weighted by molar-refractivity contribution is -0.139. The van der Waals surface area contributed by atoms with Crippen molar-refractivity contribution in [3.8, 4) is 5.88 Å². The highest BCUT2D eigenvalue weighted by Crippen LogP contribution is 2.24. The molecule has 0 atom stereocenters. The van der Waals surface area contributed by atoms with Crippen molar-refractivity contribution in [1.82, 2.24) is 9.88 Å². The Labute approximate surface area is 109 Å². The number of amides is 1. The van der Waals surface area contributed by atoms with Crippen LogP contribution in [0.2, 0.25) is 5.02 Å². The fourth-order valence-electron chi connectivity index (χ4n) is 1.57. The number of carbonyl (C=O) groups is 1. The highest BCUT2D eigenvalue weighted by atomic mass is 35.5. The Balaban J connectivity index is 1.81. The van der Waals surface area contributed by atoms with Gasteiger partial charge in [-0.3, -0.25) is 4.79 Å². The monoisotopic (exact) mass is 274 g/mol. The van der Waals surface area contributed by atoms with Gasteiger partial charge in [-0.15, -0.1) is 11.6 Å². The lowest BCUT2D eigenvalue weighted by Gasteiger charge is -2.38. The Kier molecular flexibility index (Phi) is 4.07. The minimum absolute atomic E-state index is 0.0262. The molecule has 0 radical (unpaired) electrons. The molecular weight excluding hydrogens is 263 g/mol. The second kappa shape index (κ2) is 5.56. The van der Waals surface area contributed by atoms with E-state index in [0.29, 0.717) is 36.3 Å². The Morgan fingerprint density at radius 2 is 2.35 bits per heavy atom. The maximum absolute atomic E-state index is 11.4. The summed E-state index contributed by atoms with van der Waals surface area (Å²) in [6.07, 6.45) is 1.97. The van der Waals surface area contributed by atoms with E-state index in [0.717, 1.165) is 0 Å². The summed E-state index contributed by atoms with van der Waals surface area (Å²) in [5.74, 6) is 0.836. The molecule has 0 aliphatic carbocycles. The molecule has 1 aliphatic heterocycles. The van der Waals surface area contributed by atoms with Crippen molar-refractivity contribution < 1.29 is 9.53 Å². The molecule has 0 bridgehead atoms. The number of likely N-dealkylation sites (tertiary alicyclic amines) is 1. The average molecular weight is 275 g/mol. The van der Waals surface area contributed by atoms with Crippen molar-refractivity contribution in [2.45, 2.75) is 12.5 Å². The standard InChI is InChI=1S/C11H12Cl2N2O2/c12-4-3-10(16)15-6-8(7-15)17-11-9(13)2-1-5-14-11/h1-2,5,8H,3-4,6-7H2. The highest BCUT2D eigenvalue weighted by Gasteiger charge is 2.32. The van der Waals surface area contributed by atoms with Crippen molar-refractivity contribution in [3.63, 3.8) is 0 Å². The molecule has 1 aromatic heterocycles. The first-order valence-corrected chi connectivity index (χ1v) is 6.23. The van der Waals surface area contributed by atoms with Crippen molar-refractivity contribution in [1.29, 1.82) is 0 Å². The number of halogens is 2. The topological polar surface area (TPSA) is 42.4 Å². The summed E-state index contributed by atoms with van der Waals surface area (Å²) in [6, 6.07) is 3.46. The van der Waals surface area contributed by atoms with Crippen LogP contribution in [0.5, 0.6) is 5.88 Å². The van der Waals surface area contributed by atoms with Crippen LogP contribution in [0.4, 0.5) is 0 Å². The Hall–Kier alpha value is -1.00. The van der Waals surface area contributed by atoms with E-state index in [1.165, 1.54) is 0 Å². The molecule has 1 aromatic rings. The number of hydrogen-bond donors (Lipinski definition) is 0. The molecule has 2 heterocycles. The molecular formula is C11H12Cl2N2O2. The van der Waals surface area contributed by atoms with Crippen LogP contribution in [0.15, 0.2) is 18.3 Å². The van der Waals surface area contributed by atoms with Crippen LogP contribution in [0.1, 0.15) is 6.42 Å². The molecule has 0 N–H and O–H groups in total. The van der Waals surface area contributed by atoms with Gasteiger partial charge >= 0.3 is 0 Å². The van der Waals surface area contributed by atoms with E-state index >= 15 is 0 Å². The van der Waals surface area contributed by atoms with Gasteiger partial charge in [-0.2, -0.15) is 0 Å². The van der Waals surface area contributed by atoms with Crippen LogP contribution in [0.25, 0.3) is 0 Å². The largest absolute Gasteiger partial charge is 0.470 e. The van der Waals surface area contributed by atoms with Crippen LogP contribution in [-0.4, -0.2) is 40.9 Å². The lowest BCUT2D eigenvalue weighted by atomic mass is 10.1. The Morgan fingerprint density at radius 1 is 1.59 bits per heavy atom. The Bertz CT molecular complexity index is 408. The van der Waals surface area contributed by atoms with Crippen LogP contribution in [0.3, 0.4) is 0 Å². The van der Waals surface area contributed by atoms with E-state index in [1.54, 1.807) is 23.2 Å². The third kappa shape index (κ3) is 3.01. The highest BCUT2D eigenvalue weighted by molar-refractivity contribution is 6.31. The van der Waals surface area contributed by atoms with E-state index < -0.39 is 0 Å². The molecule has 1 amide bonds. The second-order valence-electron chi connectivity index (χ2n) is 3.77. The molecule has 92 valence electrons. The number of alkyl halides is 1. The minimum atomic E-state index is -0.0262. The average Bonchev–Trinajstić information content (AvgIpc) is 2.25. The van der Waals surface area contributed by atoms with Gasteiger partial charge in [0, 0.05) is 18.5 Å². The first kappa shape index (κ1) is 12.5. The summed E-state index contributed by atoms with van der Waals surface area (Å²) in [6.45, 7) is 1.14. The Morgan fingerprint density at radius 3 is 3.00 bits per heavy atom. The molecule has 4 nitrogen and oxygen atoms in total. The summed E-state index contributed by atoms with van der Waals surface area (Å²) in [4.78, 5) is 17.2. The first-order chi connectivity index (χ1) is 8.20. The zero-order valence-corrected chi connectivity index (χ0v) is 10.6. The molecule has 0 spiro atoms. The van der Waals surface area contributed by atoms with Crippen LogP contribution in [-0.2, 0) is 4.79 Å². The van der Waals surface area contributed by atoms with Crippen LogP contribution < -0.4 is 4.74 Å². The quantitative estimate of drug-likeness (QED) is 0.789. The summed E-state index contributed by atoms with van der Waals surface area (Å²) in [7, 11) is 0. The third-order valence-electron chi connectivity index (χ3n) is 2.51. The summed E-state index contributed by atoms with van der Waals surface area (Å²) >= 11 is 11.4. The van der Waals surface area contributed by atoms with Gasteiger partial charge in [-0.1, -0.05) is 11.6 Å². The smallest absolute Gasteiger partial charge is 0.232 e. The van der Waals surface area contributed by atoms with Crippen molar-refractivity contribution in [3.05, 3.63) is 23.4 Å². The number of carbonyl (C=O) groups excluding carboxylic acids is 1. The predicted molar refractivity (Wildman–Crippen MR) is 65.6 cm³/mol. The van der Waals surface area contributed by atoms with Gasteiger partial charge in [0.2, 0.25) is 11.8 Å². The maximum Gasteiger partial charge on any atom is 0.232 e. The number of ether oxygens (including phenoxy) is 1. The van der Waals surface area contributed by atoms with Gasteiger partial charge in [-0.05, 0) is 12.1 Å². The normalized spacial score (nSPS) is 15.5. The molecule has 1 aliphatic rings. The molecule has 0 saturated carbocycles. The predicted octanol–water partition coefficient (Wildman–Crippen LogP) is 1.95. The molecule has 1 saturated heterocycles. The summed E-state index contributed by atoms with van der Waals surface area (Å²) < 4.78 is 5.57. The van der Waals surface area contributed by atoms with Gasteiger partial charge < -0.3 is 9.64 Å². The van der Waals surface area contributed by atoms with Crippen LogP contribution in [0, 0.1) is 0 Å². The van der Waals surface area contributed by atoms with Crippen molar-refractivity contribution in [2.24, 2.45) is 0 Å². The van der Waals surface area contributed by atoms with Gasteiger partial charge in [-0.25, -0.2) is 4.98 Å². The zero-order valence-electron chi connectivity index (χ0n) is 9.10. The lowest BCUT2D eigenvalue weighted by Crippen LogP contribution is -2.56. The number of aromatic nitrogens is 1. The van der Waals surface area contributed by atoms with E-state index in [2.05, 4.69) is 4.98 Å². The van der Waals surface area contributed by atoms with Gasteiger partial charge in [0.25, 0.3) is 0 Å². The van der Waals surface area contributed by atoms with Crippen molar-refractivity contribution >= 4 is 29.1 Å². The van der Waals surface area contributed by atoms with E-state index in [4.69, 9.17) is 27.9 Å².